The van der Waals surface area contributed by atoms with Crippen LogP contribution in [0.2, 0.25) is 0 Å². The van der Waals surface area contributed by atoms with Crippen molar-refractivity contribution in [2.45, 2.75) is 45.8 Å². The van der Waals surface area contributed by atoms with Gasteiger partial charge in [0.15, 0.2) is 0 Å². The highest BCUT2D eigenvalue weighted by Crippen LogP contribution is 2.16. The fourth-order valence-corrected chi connectivity index (χ4v) is 2.27. The summed E-state index contributed by atoms with van der Waals surface area (Å²) in [6.45, 7) is 7.40. The van der Waals surface area contributed by atoms with E-state index in [-0.39, 0.29) is 0 Å². The molecule has 2 aromatic heterocycles. The molecule has 0 saturated heterocycles. The molecule has 1 N–H and O–H groups in total. The summed E-state index contributed by atoms with van der Waals surface area (Å²) < 4.78 is 4.21. The Morgan fingerprint density at radius 2 is 2.16 bits per heavy atom. The number of rotatable bonds is 8. The SMILES string of the molecule is CCCNC(CC)c1ccn(CCn2cccn2)c1. The minimum atomic E-state index is 0.478. The molecule has 0 amide bonds. The third-order valence-corrected chi connectivity index (χ3v) is 3.37. The smallest absolute Gasteiger partial charge is 0.0588 e. The van der Waals surface area contributed by atoms with Gasteiger partial charge >= 0.3 is 0 Å². The van der Waals surface area contributed by atoms with Gasteiger partial charge in [-0.25, -0.2) is 0 Å². The van der Waals surface area contributed by atoms with E-state index in [2.05, 4.69) is 47.3 Å². The van der Waals surface area contributed by atoms with Crippen LogP contribution < -0.4 is 5.32 Å². The van der Waals surface area contributed by atoms with Gasteiger partial charge in [0.1, 0.15) is 0 Å². The Morgan fingerprint density at radius 3 is 2.84 bits per heavy atom. The second-order valence-corrected chi connectivity index (χ2v) is 4.87. The van der Waals surface area contributed by atoms with Gasteiger partial charge in [0.2, 0.25) is 0 Å². The van der Waals surface area contributed by atoms with Gasteiger partial charge in [0, 0.05) is 37.4 Å². The summed E-state index contributed by atoms with van der Waals surface area (Å²) in [6.07, 6.45) is 10.5. The number of aryl methyl sites for hydroxylation is 2. The molecule has 104 valence electrons. The molecule has 2 heterocycles. The lowest BCUT2D eigenvalue weighted by Crippen LogP contribution is -2.21. The van der Waals surface area contributed by atoms with E-state index in [1.807, 2.05) is 23.1 Å². The topological polar surface area (TPSA) is 34.8 Å². The number of hydrogen-bond donors (Lipinski definition) is 1. The third-order valence-electron chi connectivity index (χ3n) is 3.37. The number of hydrogen-bond acceptors (Lipinski definition) is 2. The van der Waals surface area contributed by atoms with E-state index >= 15 is 0 Å². The van der Waals surface area contributed by atoms with Crippen LogP contribution in [-0.4, -0.2) is 20.9 Å². The Bertz CT molecular complexity index is 458. The van der Waals surface area contributed by atoms with Gasteiger partial charge in [-0.15, -0.1) is 0 Å². The van der Waals surface area contributed by atoms with E-state index in [9.17, 15) is 0 Å². The fourth-order valence-electron chi connectivity index (χ4n) is 2.27. The number of nitrogens with one attached hydrogen (secondary N) is 1. The highest BCUT2D eigenvalue weighted by atomic mass is 15.3. The maximum Gasteiger partial charge on any atom is 0.0588 e. The summed E-state index contributed by atoms with van der Waals surface area (Å²) in [4.78, 5) is 0. The van der Waals surface area contributed by atoms with Crippen molar-refractivity contribution < 1.29 is 0 Å². The summed E-state index contributed by atoms with van der Waals surface area (Å²) in [7, 11) is 0. The van der Waals surface area contributed by atoms with Crippen molar-refractivity contribution >= 4 is 0 Å². The van der Waals surface area contributed by atoms with E-state index in [1.165, 1.54) is 12.0 Å². The van der Waals surface area contributed by atoms with Gasteiger partial charge in [-0.2, -0.15) is 5.10 Å². The third kappa shape index (κ3) is 3.96. The van der Waals surface area contributed by atoms with Crippen molar-refractivity contribution in [3.8, 4) is 0 Å². The molecular formula is C15H24N4. The van der Waals surface area contributed by atoms with Crippen molar-refractivity contribution in [2.24, 2.45) is 0 Å². The molecule has 0 aliphatic heterocycles. The lowest BCUT2D eigenvalue weighted by Gasteiger charge is -2.15. The largest absolute Gasteiger partial charge is 0.352 e. The standard InChI is InChI=1S/C15H24N4/c1-3-7-16-15(4-2)14-6-10-18(13-14)11-12-19-9-5-8-17-19/h5-6,8-10,13,15-16H,3-4,7,11-12H2,1-2H3. The highest BCUT2D eigenvalue weighted by Gasteiger charge is 2.09. The molecule has 0 aliphatic rings. The summed E-state index contributed by atoms with van der Waals surface area (Å²) in [5.41, 5.74) is 1.39. The first kappa shape index (κ1) is 13.9. The normalized spacial score (nSPS) is 12.7. The van der Waals surface area contributed by atoms with Crippen molar-refractivity contribution in [1.82, 2.24) is 19.7 Å². The van der Waals surface area contributed by atoms with E-state index in [1.54, 1.807) is 0 Å². The predicted octanol–water partition coefficient (Wildman–Crippen LogP) is 2.84. The van der Waals surface area contributed by atoms with Crippen LogP contribution in [0.1, 0.15) is 38.3 Å². The average Bonchev–Trinajstić information content (AvgIpc) is 3.09. The van der Waals surface area contributed by atoms with Gasteiger partial charge in [0.25, 0.3) is 0 Å². The summed E-state index contributed by atoms with van der Waals surface area (Å²) >= 11 is 0. The lowest BCUT2D eigenvalue weighted by atomic mass is 10.1. The molecule has 0 radical (unpaired) electrons. The van der Waals surface area contributed by atoms with Crippen LogP contribution in [0.15, 0.2) is 36.9 Å². The van der Waals surface area contributed by atoms with Crippen molar-refractivity contribution in [3.05, 3.63) is 42.5 Å². The Balaban J connectivity index is 1.90. The summed E-state index contributed by atoms with van der Waals surface area (Å²) in [5, 5.41) is 7.81. The van der Waals surface area contributed by atoms with Crippen molar-refractivity contribution in [1.29, 1.82) is 0 Å². The molecule has 0 saturated carbocycles. The molecule has 0 aliphatic carbocycles. The minimum Gasteiger partial charge on any atom is -0.352 e. The van der Waals surface area contributed by atoms with E-state index in [0.29, 0.717) is 6.04 Å². The minimum absolute atomic E-state index is 0.478. The molecule has 2 rings (SSSR count). The van der Waals surface area contributed by atoms with Gasteiger partial charge in [-0.1, -0.05) is 13.8 Å². The fraction of sp³-hybridized carbons (Fsp3) is 0.533. The van der Waals surface area contributed by atoms with E-state index < -0.39 is 0 Å². The predicted molar refractivity (Wildman–Crippen MR) is 78.0 cm³/mol. The zero-order chi connectivity index (χ0) is 13.5. The zero-order valence-electron chi connectivity index (χ0n) is 11.9. The first-order valence-electron chi connectivity index (χ1n) is 7.20. The monoisotopic (exact) mass is 260 g/mol. The molecule has 1 atom stereocenters. The van der Waals surface area contributed by atoms with Gasteiger partial charge < -0.3 is 9.88 Å². The number of nitrogens with zero attached hydrogens (tertiary/aromatic N) is 3. The second-order valence-electron chi connectivity index (χ2n) is 4.87. The van der Waals surface area contributed by atoms with Gasteiger partial charge in [-0.3, -0.25) is 4.68 Å². The van der Waals surface area contributed by atoms with Crippen LogP contribution in [0, 0.1) is 0 Å². The molecule has 0 aromatic carbocycles. The molecule has 4 heteroatoms. The Kier molecular flexibility index (Phi) is 5.21. The van der Waals surface area contributed by atoms with Crippen LogP contribution >= 0.6 is 0 Å². The lowest BCUT2D eigenvalue weighted by molar-refractivity contribution is 0.511. The molecule has 19 heavy (non-hydrogen) atoms. The summed E-state index contributed by atoms with van der Waals surface area (Å²) in [5.74, 6) is 0. The Hall–Kier alpha value is -1.55. The zero-order valence-corrected chi connectivity index (χ0v) is 11.9. The first-order valence-corrected chi connectivity index (χ1v) is 7.20. The van der Waals surface area contributed by atoms with Gasteiger partial charge in [-0.05, 0) is 37.1 Å². The molecule has 0 bridgehead atoms. The molecule has 2 aromatic rings. The Morgan fingerprint density at radius 1 is 1.26 bits per heavy atom. The number of aromatic nitrogens is 3. The van der Waals surface area contributed by atoms with E-state index in [0.717, 1.165) is 26.1 Å². The quantitative estimate of drug-likeness (QED) is 0.792. The van der Waals surface area contributed by atoms with Crippen LogP contribution in [0.5, 0.6) is 0 Å². The molecule has 1 unspecified atom stereocenters. The highest BCUT2D eigenvalue weighted by molar-refractivity contribution is 5.15. The van der Waals surface area contributed by atoms with Crippen LogP contribution in [0.3, 0.4) is 0 Å². The average molecular weight is 260 g/mol. The molecule has 0 fully saturated rings. The summed E-state index contributed by atoms with van der Waals surface area (Å²) in [6, 6.07) is 4.66. The van der Waals surface area contributed by atoms with Gasteiger partial charge in [0.05, 0.1) is 6.54 Å². The molecular weight excluding hydrogens is 236 g/mol. The second kappa shape index (κ2) is 7.14. The maximum absolute atomic E-state index is 4.22. The van der Waals surface area contributed by atoms with E-state index in [4.69, 9.17) is 0 Å². The van der Waals surface area contributed by atoms with Crippen LogP contribution in [0.4, 0.5) is 0 Å². The Labute approximate surface area is 115 Å². The van der Waals surface area contributed by atoms with Crippen LogP contribution in [0.25, 0.3) is 0 Å². The maximum atomic E-state index is 4.22. The van der Waals surface area contributed by atoms with Crippen LogP contribution in [-0.2, 0) is 13.1 Å². The molecule has 0 spiro atoms. The van der Waals surface area contributed by atoms with Crippen molar-refractivity contribution in [3.63, 3.8) is 0 Å². The first-order chi connectivity index (χ1) is 9.33. The molecule has 4 nitrogen and oxygen atoms in total. The van der Waals surface area contributed by atoms with Crippen molar-refractivity contribution in [2.75, 3.05) is 6.54 Å².